The first-order valence-electron chi connectivity index (χ1n) is 6.06. The summed E-state index contributed by atoms with van der Waals surface area (Å²) in [4.78, 5) is 1.96. The van der Waals surface area contributed by atoms with Gasteiger partial charge in [-0.25, -0.2) is 0 Å². The third kappa shape index (κ3) is 6.25. The van der Waals surface area contributed by atoms with E-state index in [-0.39, 0.29) is 57.9 Å². The van der Waals surface area contributed by atoms with Crippen molar-refractivity contribution < 1.29 is 64.3 Å². The standard InChI is InChI=1S/C11H20BF3N.K/c1-3-11-7-5-4-6-8-16(11)9-10(2)12(13,14)15;/h11H,2-9H2,1H3;/q-1;+1. The second-order valence-electron chi connectivity index (χ2n) is 4.61. The van der Waals surface area contributed by atoms with Gasteiger partial charge in [-0.1, -0.05) is 19.8 Å². The van der Waals surface area contributed by atoms with Gasteiger partial charge in [0.2, 0.25) is 0 Å². The van der Waals surface area contributed by atoms with Crippen LogP contribution in [-0.2, 0) is 0 Å². The van der Waals surface area contributed by atoms with Gasteiger partial charge >= 0.3 is 58.4 Å². The second-order valence-corrected chi connectivity index (χ2v) is 4.61. The predicted molar refractivity (Wildman–Crippen MR) is 62.3 cm³/mol. The minimum Gasteiger partial charge on any atom is -0.445 e. The van der Waals surface area contributed by atoms with Crippen LogP contribution in [0.2, 0.25) is 0 Å². The quantitative estimate of drug-likeness (QED) is 0.678. The van der Waals surface area contributed by atoms with Gasteiger partial charge in [0.1, 0.15) is 0 Å². The van der Waals surface area contributed by atoms with Crippen LogP contribution in [0.25, 0.3) is 0 Å². The average Bonchev–Trinajstić information content (AvgIpc) is 2.41. The van der Waals surface area contributed by atoms with Gasteiger partial charge in [-0.2, -0.15) is 0 Å². The summed E-state index contributed by atoms with van der Waals surface area (Å²) in [5.74, 6) is 0. The van der Waals surface area contributed by atoms with Crippen molar-refractivity contribution in [2.45, 2.75) is 45.1 Å². The Morgan fingerprint density at radius 1 is 1.29 bits per heavy atom. The predicted octanol–water partition coefficient (Wildman–Crippen LogP) is 0.588. The van der Waals surface area contributed by atoms with Crippen molar-refractivity contribution in [1.82, 2.24) is 4.90 Å². The topological polar surface area (TPSA) is 3.24 Å². The Balaban J connectivity index is 0.00000256. The monoisotopic (exact) mass is 273 g/mol. The summed E-state index contributed by atoms with van der Waals surface area (Å²) in [7, 11) is 0. The van der Waals surface area contributed by atoms with E-state index in [1.807, 2.05) is 11.8 Å². The first-order chi connectivity index (χ1) is 7.45. The Kier molecular flexibility index (Phi) is 8.97. The van der Waals surface area contributed by atoms with Gasteiger partial charge in [0.25, 0.3) is 0 Å². The van der Waals surface area contributed by atoms with Crippen LogP contribution in [0.5, 0.6) is 0 Å². The zero-order valence-corrected chi connectivity index (χ0v) is 14.0. The molecule has 0 aromatic rings. The van der Waals surface area contributed by atoms with E-state index in [0.717, 1.165) is 38.6 Å². The normalized spacial score (nSPS) is 22.7. The Labute approximate surface area is 145 Å². The SMILES string of the molecule is C=C(CN1CCCCCC1CC)[B-](F)(F)F.[K+]. The largest absolute Gasteiger partial charge is 1.00 e. The molecule has 0 spiro atoms. The molecule has 0 radical (unpaired) electrons. The number of halogens is 3. The van der Waals surface area contributed by atoms with Crippen molar-refractivity contribution in [3.8, 4) is 0 Å². The van der Waals surface area contributed by atoms with Gasteiger partial charge in [0.15, 0.2) is 0 Å². The first-order valence-corrected chi connectivity index (χ1v) is 6.06. The molecular formula is C11H20BF3KN. The van der Waals surface area contributed by atoms with E-state index in [1.165, 1.54) is 0 Å². The number of hydrogen-bond donors (Lipinski definition) is 0. The fourth-order valence-electron chi connectivity index (χ4n) is 2.27. The van der Waals surface area contributed by atoms with E-state index in [1.54, 1.807) is 0 Å². The molecule has 0 saturated carbocycles. The second kappa shape index (κ2) is 8.38. The number of rotatable bonds is 4. The van der Waals surface area contributed by atoms with E-state index in [0.29, 0.717) is 6.04 Å². The molecule has 1 aliphatic rings. The summed E-state index contributed by atoms with van der Waals surface area (Å²) in [6, 6.07) is 0.303. The van der Waals surface area contributed by atoms with Gasteiger partial charge in [0.05, 0.1) is 0 Å². The molecule has 1 fully saturated rings. The summed E-state index contributed by atoms with van der Waals surface area (Å²) < 4.78 is 37.4. The number of hydrogen-bond acceptors (Lipinski definition) is 1. The van der Waals surface area contributed by atoms with Gasteiger partial charge in [-0.05, 0) is 32.4 Å². The Morgan fingerprint density at radius 2 is 1.94 bits per heavy atom. The Morgan fingerprint density at radius 3 is 2.47 bits per heavy atom. The van der Waals surface area contributed by atoms with Crippen LogP contribution in [0, 0.1) is 0 Å². The average molecular weight is 273 g/mol. The van der Waals surface area contributed by atoms with Gasteiger partial charge in [0, 0.05) is 6.04 Å². The minimum absolute atomic E-state index is 0. The molecule has 6 heteroatoms. The van der Waals surface area contributed by atoms with Crippen LogP contribution < -0.4 is 51.4 Å². The molecule has 0 aromatic heterocycles. The van der Waals surface area contributed by atoms with E-state index in [2.05, 4.69) is 6.58 Å². The van der Waals surface area contributed by atoms with Crippen molar-refractivity contribution in [1.29, 1.82) is 0 Å². The summed E-state index contributed by atoms with van der Waals surface area (Å²) in [6.07, 6.45) is 5.23. The molecule has 0 bridgehead atoms. The molecule has 1 saturated heterocycles. The maximum Gasteiger partial charge on any atom is 1.00 e. The molecule has 1 nitrogen and oxygen atoms in total. The molecule has 17 heavy (non-hydrogen) atoms. The molecule has 94 valence electrons. The maximum absolute atomic E-state index is 12.5. The molecular weight excluding hydrogens is 253 g/mol. The Bertz CT molecular complexity index is 245. The smallest absolute Gasteiger partial charge is 0.445 e. The van der Waals surface area contributed by atoms with Crippen molar-refractivity contribution >= 4 is 6.98 Å². The zero-order valence-electron chi connectivity index (χ0n) is 10.9. The molecule has 1 heterocycles. The summed E-state index contributed by atoms with van der Waals surface area (Å²) in [6.45, 7) is 1.14. The molecule has 0 N–H and O–H groups in total. The molecule has 1 unspecified atom stereocenters. The fraction of sp³-hybridized carbons (Fsp3) is 0.818. The minimum atomic E-state index is -4.87. The number of likely N-dealkylation sites (tertiary alicyclic amines) is 1. The van der Waals surface area contributed by atoms with Crippen molar-refractivity contribution in [2.24, 2.45) is 0 Å². The molecule has 0 aliphatic carbocycles. The van der Waals surface area contributed by atoms with E-state index in [9.17, 15) is 12.9 Å². The van der Waals surface area contributed by atoms with Crippen LogP contribution >= 0.6 is 0 Å². The molecule has 0 amide bonds. The van der Waals surface area contributed by atoms with Gasteiger partial charge < -0.3 is 12.9 Å². The molecule has 1 atom stereocenters. The summed E-state index contributed by atoms with van der Waals surface area (Å²) >= 11 is 0. The van der Waals surface area contributed by atoms with Crippen molar-refractivity contribution in [2.75, 3.05) is 13.1 Å². The summed E-state index contributed by atoms with van der Waals surface area (Å²) in [5, 5.41) is 0. The zero-order chi connectivity index (χ0) is 12.2. The van der Waals surface area contributed by atoms with Gasteiger partial charge in [-0.15, -0.1) is 12.1 Å². The van der Waals surface area contributed by atoms with Crippen LogP contribution in [0.4, 0.5) is 12.9 Å². The van der Waals surface area contributed by atoms with Gasteiger partial charge in [-0.3, -0.25) is 4.90 Å². The van der Waals surface area contributed by atoms with E-state index < -0.39 is 12.4 Å². The molecule has 0 aromatic carbocycles. The third-order valence-corrected chi connectivity index (χ3v) is 3.34. The van der Waals surface area contributed by atoms with Crippen molar-refractivity contribution in [3.63, 3.8) is 0 Å². The molecule has 1 aliphatic heterocycles. The van der Waals surface area contributed by atoms with Crippen LogP contribution in [0.15, 0.2) is 12.1 Å². The number of nitrogens with zero attached hydrogens (tertiary/aromatic N) is 1. The Hall–Kier alpha value is 1.19. The fourth-order valence-corrected chi connectivity index (χ4v) is 2.27. The summed E-state index contributed by atoms with van der Waals surface area (Å²) in [5.41, 5.74) is -0.555. The van der Waals surface area contributed by atoms with E-state index >= 15 is 0 Å². The van der Waals surface area contributed by atoms with Crippen LogP contribution in [0.3, 0.4) is 0 Å². The first kappa shape index (κ1) is 18.2. The molecule has 1 rings (SSSR count). The van der Waals surface area contributed by atoms with Crippen LogP contribution in [-0.4, -0.2) is 31.0 Å². The van der Waals surface area contributed by atoms with E-state index in [4.69, 9.17) is 0 Å². The van der Waals surface area contributed by atoms with Crippen molar-refractivity contribution in [3.05, 3.63) is 12.1 Å². The van der Waals surface area contributed by atoms with Crippen LogP contribution in [0.1, 0.15) is 39.0 Å². The third-order valence-electron chi connectivity index (χ3n) is 3.34. The maximum atomic E-state index is 12.5.